The molecule has 0 aliphatic carbocycles. The highest BCUT2D eigenvalue weighted by atomic mass is 32.2. The maximum absolute atomic E-state index is 11.0. The Morgan fingerprint density at radius 1 is 1.67 bits per heavy atom. The van der Waals surface area contributed by atoms with Crippen molar-refractivity contribution in [3.8, 4) is 0 Å². The van der Waals surface area contributed by atoms with Gasteiger partial charge in [-0.25, -0.2) is 4.98 Å². The molecule has 0 unspecified atom stereocenters. The number of hydrogen-bond donors (Lipinski definition) is 0. The number of thioether (sulfide) groups is 1. The summed E-state index contributed by atoms with van der Waals surface area (Å²) in [5.41, 5.74) is 0. The highest BCUT2D eigenvalue weighted by Gasteiger charge is 2.03. The number of hydrogen-bond acceptors (Lipinski definition) is 4. The summed E-state index contributed by atoms with van der Waals surface area (Å²) in [5, 5.41) is 0.985. The molecule has 0 aliphatic heterocycles. The van der Waals surface area contributed by atoms with E-state index in [2.05, 4.69) is 4.98 Å². The summed E-state index contributed by atoms with van der Waals surface area (Å²) < 4.78 is 6.80. The molecule has 1 heterocycles. The summed E-state index contributed by atoms with van der Waals surface area (Å²) in [7, 11) is 1.96. The Kier molecular flexibility index (Phi) is 5.25. The Balaban J connectivity index is 2.12. The van der Waals surface area contributed by atoms with Crippen LogP contribution in [0.1, 0.15) is 19.8 Å². The summed E-state index contributed by atoms with van der Waals surface area (Å²) in [6.45, 7) is 2.28. The molecule has 0 aliphatic rings. The van der Waals surface area contributed by atoms with Gasteiger partial charge in [0.15, 0.2) is 5.16 Å². The minimum atomic E-state index is -0.113. The van der Waals surface area contributed by atoms with Crippen molar-refractivity contribution >= 4 is 17.7 Å². The average molecular weight is 228 g/mol. The minimum absolute atomic E-state index is 0.113. The molecule has 1 aromatic rings. The Hall–Kier alpha value is -0.970. The lowest BCUT2D eigenvalue weighted by Gasteiger charge is -2.02. The lowest BCUT2D eigenvalue weighted by molar-refractivity contribution is -0.143. The number of nitrogens with zero attached hydrogens (tertiary/aromatic N) is 2. The first kappa shape index (κ1) is 12.1. The van der Waals surface area contributed by atoms with E-state index in [4.69, 9.17) is 4.74 Å². The van der Waals surface area contributed by atoms with Crippen molar-refractivity contribution in [3.63, 3.8) is 0 Å². The van der Waals surface area contributed by atoms with Gasteiger partial charge in [-0.3, -0.25) is 4.79 Å². The van der Waals surface area contributed by atoms with Gasteiger partial charge in [-0.15, -0.1) is 0 Å². The van der Waals surface area contributed by atoms with Crippen LogP contribution in [0.5, 0.6) is 0 Å². The van der Waals surface area contributed by atoms with Crippen molar-refractivity contribution in [1.29, 1.82) is 0 Å². The Morgan fingerprint density at radius 2 is 2.47 bits per heavy atom. The molecular formula is C10H16N2O2S. The SMILES string of the molecule is CCOC(=O)CCCSc1nccn1C. The maximum Gasteiger partial charge on any atom is 0.305 e. The van der Waals surface area contributed by atoms with Gasteiger partial charge < -0.3 is 9.30 Å². The molecule has 0 fully saturated rings. The fourth-order valence-electron chi connectivity index (χ4n) is 1.10. The molecule has 0 N–H and O–H groups in total. The van der Waals surface area contributed by atoms with Crippen LogP contribution in [0.15, 0.2) is 17.6 Å². The normalized spacial score (nSPS) is 10.3. The van der Waals surface area contributed by atoms with Gasteiger partial charge in [-0.2, -0.15) is 0 Å². The molecule has 1 aromatic heterocycles. The van der Waals surface area contributed by atoms with Crippen LogP contribution in [0.25, 0.3) is 0 Å². The third kappa shape index (κ3) is 4.38. The zero-order valence-electron chi connectivity index (χ0n) is 9.10. The van der Waals surface area contributed by atoms with E-state index in [0.717, 1.165) is 17.3 Å². The number of carbonyl (C=O) groups excluding carboxylic acids is 1. The van der Waals surface area contributed by atoms with Crippen LogP contribution in [0.4, 0.5) is 0 Å². The predicted octanol–water partition coefficient (Wildman–Crippen LogP) is 1.86. The molecule has 0 aromatic carbocycles. The fourth-order valence-corrected chi connectivity index (χ4v) is 1.98. The molecule has 0 radical (unpaired) electrons. The van der Waals surface area contributed by atoms with Gasteiger partial charge in [0.1, 0.15) is 0 Å². The highest BCUT2D eigenvalue weighted by molar-refractivity contribution is 7.99. The van der Waals surface area contributed by atoms with Crippen LogP contribution in [0.2, 0.25) is 0 Å². The fraction of sp³-hybridized carbons (Fsp3) is 0.600. The maximum atomic E-state index is 11.0. The van der Waals surface area contributed by atoms with Gasteiger partial charge in [0.2, 0.25) is 0 Å². The lowest BCUT2D eigenvalue weighted by Crippen LogP contribution is -2.03. The molecule has 0 amide bonds. The highest BCUT2D eigenvalue weighted by Crippen LogP contribution is 2.16. The van der Waals surface area contributed by atoms with Gasteiger partial charge in [0.05, 0.1) is 6.61 Å². The smallest absolute Gasteiger partial charge is 0.305 e. The van der Waals surface area contributed by atoms with Crippen LogP contribution in [-0.2, 0) is 16.6 Å². The van der Waals surface area contributed by atoms with Crippen LogP contribution in [0.3, 0.4) is 0 Å². The predicted molar refractivity (Wildman–Crippen MR) is 59.8 cm³/mol. The lowest BCUT2D eigenvalue weighted by atomic mass is 10.3. The van der Waals surface area contributed by atoms with E-state index >= 15 is 0 Å². The molecule has 4 nitrogen and oxygen atoms in total. The third-order valence-electron chi connectivity index (χ3n) is 1.84. The topological polar surface area (TPSA) is 44.1 Å². The van der Waals surface area contributed by atoms with Gasteiger partial charge in [0, 0.05) is 31.6 Å². The van der Waals surface area contributed by atoms with Crippen molar-refractivity contribution < 1.29 is 9.53 Å². The first-order valence-electron chi connectivity index (χ1n) is 4.99. The standard InChI is InChI=1S/C10H16N2O2S/c1-3-14-9(13)5-4-8-15-10-11-6-7-12(10)2/h6-7H,3-5,8H2,1-2H3. The summed E-state index contributed by atoms with van der Waals surface area (Å²) >= 11 is 1.66. The van der Waals surface area contributed by atoms with Gasteiger partial charge in [-0.05, 0) is 13.3 Å². The molecule has 0 spiro atoms. The van der Waals surface area contributed by atoms with Gasteiger partial charge in [-0.1, -0.05) is 11.8 Å². The molecule has 0 atom stereocenters. The molecule has 84 valence electrons. The molecular weight excluding hydrogens is 212 g/mol. The van der Waals surface area contributed by atoms with E-state index in [9.17, 15) is 4.79 Å². The largest absolute Gasteiger partial charge is 0.466 e. The number of carbonyl (C=O) groups is 1. The molecule has 1 rings (SSSR count). The van der Waals surface area contributed by atoms with E-state index in [-0.39, 0.29) is 5.97 Å². The van der Waals surface area contributed by atoms with Crippen molar-refractivity contribution in [1.82, 2.24) is 9.55 Å². The second kappa shape index (κ2) is 6.50. The number of esters is 1. The second-order valence-corrected chi connectivity index (χ2v) is 4.14. The summed E-state index contributed by atoms with van der Waals surface area (Å²) in [5.74, 6) is 0.780. The third-order valence-corrected chi connectivity index (χ3v) is 2.98. The van der Waals surface area contributed by atoms with E-state index in [1.54, 1.807) is 18.0 Å². The van der Waals surface area contributed by atoms with E-state index in [0.29, 0.717) is 13.0 Å². The number of imidazole rings is 1. The van der Waals surface area contributed by atoms with E-state index < -0.39 is 0 Å². The number of ether oxygens (including phenoxy) is 1. The first-order chi connectivity index (χ1) is 7.24. The molecule has 0 saturated heterocycles. The van der Waals surface area contributed by atoms with E-state index in [1.807, 2.05) is 24.7 Å². The molecule has 5 heteroatoms. The number of rotatable bonds is 6. The Bertz CT molecular complexity index is 312. The van der Waals surface area contributed by atoms with Crippen molar-refractivity contribution in [2.24, 2.45) is 7.05 Å². The van der Waals surface area contributed by atoms with Crippen LogP contribution >= 0.6 is 11.8 Å². The zero-order chi connectivity index (χ0) is 11.1. The molecule has 15 heavy (non-hydrogen) atoms. The summed E-state index contributed by atoms with van der Waals surface area (Å²) in [6, 6.07) is 0. The summed E-state index contributed by atoms with van der Waals surface area (Å²) in [6.07, 6.45) is 5.00. The van der Waals surface area contributed by atoms with Gasteiger partial charge >= 0.3 is 5.97 Å². The van der Waals surface area contributed by atoms with Crippen molar-refractivity contribution in [2.75, 3.05) is 12.4 Å². The zero-order valence-corrected chi connectivity index (χ0v) is 9.92. The second-order valence-electron chi connectivity index (χ2n) is 3.08. The van der Waals surface area contributed by atoms with Crippen molar-refractivity contribution in [3.05, 3.63) is 12.4 Å². The Labute approximate surface area is 94.0 Å². The van der Waals surface area contributed by atoms with Crippen molar-refractivity contribution in [2.45, 2.75) is 24.9 Å². The monoisotopic (exact) mass is 228 g/mol. The molecule has 0 saturated carbocycles. The van der Waals surface area contributed by atoms with Crippen LogP contribution < -0.4 is 0 Å². The molecule has 0 bridgehead atoms. The quantitative estimate of drug-likeness (QED) is 0.423. The average Bonchev–Trinajstić information content (AvgIpc) is 2.60. The number of aromatic nitrogens is 2. The minimum Gasteiger partial charge on any atom is -0.466 e. The Morgan fingerprint density at radius 3 is 3.07 bits per heavy atom. The first-order valence-corrected chi connectivity index (χ1v) is 5.98. The number of aryl methyl sites for hydroxylation is 1. The van der Waals surface area contributed by atoms with E-state index in [1.165, 1.54) is 0 Å². The summed E-state index contributed by atoms with van der Waals surface area (Å²) in [4.78, 5) is 15.2. The van der Waals surface area contributed by atoms with Crippen LogP contribution in [0, 0.1) is 0 Å². The van der Waals surface area contributed by atoms with Crippen LogP contribution in [-0.4, -0.2) is 27.9 Å². The van der Waals surface area contributed by atoms with Gasteiger partial charge in [0.25, 0.3) is 0 Å².